The number of anilines is 1. The summed E-state index contributed by atoms with van der Waals surface area (Å²) >= 11 is 0. The summed E-state index contributed by atoms with van der Waals surface area (Å²) in [6.07, 6.45) is 9.00. The third-order valence-electron chi connectivity index (χ3n) is 6.37. The highest BCUT2D eigenvalue weighted by atomic mass is 16.5. The first-order chi connectivity index (χ1) is 16.0. The van der Waals surface area contributed by atoms with Crippen LogP contribution in [0.5, 0.6) is 0 Å². The molecule has 5 rings (SSSR count). The minimum atomic E-state index is -0.515. The van der Waals surface area contributed by atoms with Crippen molar-refractivity contribution in [2.24, 2.45) is 5.92 Å². The number of aliphatic hydroxyl groups excluding tert-OH is 2. The van der Waals surface area contributed by atoms with E-state index in [1.165, 1.54) is 4.68 Å². The lowest BCUT2D eigenvalue weighted by molar-refractivity contribution is 0.146. The van der Waals surface area contributed by atoms with Crippen LogP contribution in [0.25, 0.3) is 22.7 Å². The predicted molar refractivity (Wildman–Crippen MR) is 120 cm³/mol. The summed E-state index contributed by atoms with van der Waals surface area (Å²) in [5.74, 6) is 1.80. The molecular weight excluding hydrogens is 422 g/mol. The highest BCUT2D eigenvalue weighted by Gasteiger charge is 2.47. The molecule has 1 saturated carbocycles. The van der Waals surface area contributed by atoms with E-state index in [4.69, 9.17) is 15.2 Å². The molecule has 0 saturated heterocycles. The van der Waals surface area contributed by atoms with Gasteiger partial charge in [0.05, 0.1) is 42.1 Å². The van der Waals surface area contributed by atoms with Gasteiger partial charge in [-0.2, -0.15) is 10.1 Å². The van der Waals surface area contributed by atoms with Crippen molar-refractivity contribution in [2.75, 3.05) is 18.9 Å². The van der Waals surface area contributed by atoms with Crippen molar-refractivity contribution in [1.29, 1.82) is 0 Å². The molecule has 1 fully saturated rings. The largest absolute Gasteiger partial charge is 0.394 e. The Morgan fingerprint density at radius 2 is 1.91 bits per heavy atom. The summed E-state index contributed by atoms with van der Waals surface area (Å²) < 4.78 is 7.07. The number of hydrogen-bond acceptors (Lipinski definition) is 9. The third kappa shape index (κ3) is 3.87. The molecule has 4 aromatic rings. The molecule has 0 aliphatic heterocycles. The van der Waals surface area contributed by atoms with Crippen LogP contribution in [0.2, 0.25) is 0 Å². The van der Waals surface area contributed by atoms with Gasteiger partial charge in [-0.25, -0.2) is 4.98 Å². The maximum absolute atomic E-state index is 9.38. The molecule has 0 spiro atoms. The molecule has 10 nitrogen and oxygen atoms in total. The van der Waals surface area contributed by atoms with Crippen molar-refractivity contribution in [3.05, 3.63) is 60.4 Å². The summed E-state index contributed by atoms with van der Waals surface area (Å²) in [5, 5.41) is 27.3. The van der Waals surface area contributed by atoms with Crippen LogP contribution >= 0.6 is 0 Å². The Morgan fingerprint density at radius 3 is 2.55 bits per heavy atom. The molecule has 1 atom stereocenters. The van der Waals surface area contributed by atoms with Gasteiger partial charge in [-0.15, -0.1) is 0 Å². The monoisotopic (exact) mass is 447 g/mol. The van der Waals surface area contributed by atoms with Gasteiger partial charge in [-0.1, -0.05) is 11.2 Å². The van der Waals surface area contributed by atoms with Crippen LogP contribution in [-0.2, 0) is 5.41 Å². The Balaban J connectivity index is 1.45. The Bertz CT molecular complexity index is 1230. The van der Waals surface area contributed by atoms with Crippen molar-refractivity contribution in [3.8, 4) is 22.7 Å². The maximum Gasteiger partial charge on any atom is 0.261 e. The molecule has 0 bridgehead atoms. The average molecular weight is 447 g/mol. The first kappa shape index (κ1) is 21.2. The number of nitrogens with zero attached hydrogens (tertiary/aromatic N) is 6. The zero-order valence-corrected chi connectivity index (χ0v) is 18.2. The van der Waals surface area contributed by atoms with Crippen LogP contribution in [0.1, 0.15) is 37.2 Å². The van der Waals surface area contributed by atoms with E-state index in [2.05, 4.69) is 33.2 Å². The van der Waals surface area contributed by atoms with Crippen LogP contribution in [0, 0.1) is 5.92 Å². The minimum absolute atomic E-state index is 0.220. The highest BCUT2D eigenvalue weighted by Crippen LogP contribution is 2.50. The van der Waals surface area contributed by atoms with Gasteiger partial charge in [0.2, 0.25) is 0 Å². The molecule has 4 N–H and O–H groups in total. The van der Waals surface area contributed by atoms with E-state index in [1.807, 2.05) is 18.3 Å². The Morgan fingerprint density at radius 1 is 1.09 bits per heavy atom. The number of aliphatic hydroxyl groups is 2. The fraction of sp³-hybridized carbons (Fsp3) is 0.348. The van der Waals surface area contributed by atoms with E-state index in [0.717, 1.165) is 29.7 Å². The van der Waals surface area contributed by atoms with Crippen molar-refractivity contribution < 1.29 is 14.7 Å². The molecule has 0 aromatic carbocycles. The van der Waals surface area contributed by atoms with E-state index in [0.29, 0.717) is 29.0 Å². The second-order valence-corrected chi connectivity index (χ2v) is 8.53. The fourth-order valence-corrected chi connectivity index (χ4v) is 4.06. The number of nitrogen functional groups attached to an aromatic ring is 1. The third-order valence-corrected chi connectivity index (χ3v) is 6.37. The van der Waals surface area contributed by atoms with Crippen molar-refractivity contribution in [2.45, 2.75) is 31.2 Å². The Labute approximate surface area is 190 Å². The maximum atomic E-state index is 9.38. The van der Waals surface area contributed by atoms with E-state index < -0.39 is 11.5 Å². The van der Waals surface area contributed by atoms with Gasteiger partial charge in [0.15, 0.2) is 5.82 Å². The first-order valence-electron chi connectivity index (χ1n) is 10.8. The van der Waals surface area contributed by atoms with Crippen molar-refractivity contribution in [1.82, 2.24) is 29.9 Å². The quantitative estimate of drug-likeness (QED) is 0.369. The number of pyridine rings is 2. The SMILES string of the molecule is C[C@@](c1ccc(-c2ccc(N)nc2)nc1)(c1noc(-c2cnn(C(CO)CO)c2)n1)C1CC1. The lowest BCUT2D eigenvalue weighted by atomic mass is 9.77. The van der Waals surface area contributed by atoms with E-state index in [1.54, 1.807) is 24.7 Å². The van der Waals surface area contributed by atoms with Crippen molar-refractivity contribution >= 4 is 5.82 Å². The van der Waals surface area contributed by atoms with Gasteiger partial charge in [0.1, 0.15) is 5.82 Å². The molecule has 4 aromatic heterocycles. The Hall–Kier alpha value is -3.63. The van der Waals surface area contributed by atoms with Crippen LogP contribution in [0.4, 0.5) is 5.82 Å². The molecular formula is C23H25N7O3. The van der Waals surface area contributed by atoms with Gasteiger partial charge in [-0.3, -0.25) is 9.67 Å². The molecule has 0 amide bonds. The first-order valence-corrected chi connectivity index (χ1v) is 10.8. The lowest BCUT2D eigenvalue weighted by Gasteiger charge is -2.26. The molecule has 1 aliphatic rings. The number of hydrogen-bond donors (Lipinski definition) is 3. The normalized spacial score (nSPS) is 15.6. The van der Waals surface area contributed by atoms with Gasteiger partial charge in [0.25, 0.3) is 5.89 Å². The number of nitrogens with two attached hydrogens (primary N) is 1. The topological polar surface area (TPSA) is 149 Å². The second kappa shape index (κ2) is 8.38. The molecule has 0 unspecified atom stereocenters. The predicted octanol–water partition coefficient (Wildman–Crippen LogP) is 2.21. The summed E-state index contributed by atoms with van der Waals surface area (Å²) in [5.41, 5.74) is 8.59. The van der Waals surface area contributed by atoms with E-state index in [-0.39, 0.29) is 13.2 Å². The van der Waals surface area contributed by atoms with E-state index in [9.17, 15) is 10.2 Å². The smallest absolute Gasteiger partial charge is 0.261 e. The minimum Gasteiger partial charge on any atom is -0.394 e. The standard InChI is InChI=1S/C23H25N7O3/c1-23(16-3-4-16,17-5-6-19(25-10-17)14-2-7-20(24)26-8-14)22-28-21(33-29-22)15-9-27-30(11-15)18(12-31)13-32/h2,5-11,16,18,31-32H,3-4,12-13H2,1H3,(H2,24,26)/t23-/m1/s1. The molecule has 170 valence electrons. The fourth-order valence-electron chi connectivity index (χ4n) is 4.06. The zero-order chi connectivity index (χ0) is 23.0. The van der Waals surface area contributed by atoms with Crippen LogP contribution in [0.15, 0.2) is 53.6 Å². The van der Waals surface area contributed by atoms with Crippen LogP contribution in [0.3, 0.4) is 0 Å². The summed E-state index contributed by atoms with van der Waals surface area (Å²) in [4.78, 5) is 13.5. The van der Waals surface area contributed by atoms with Gasteiger partial charge in [0, 0.05) is 24.2 Å². The second-order valence-electron chi connectivity index (χ2n) is 8.53. The number of rotatable bonds is 8. The molecule has 10 heteroatoms. The lowest BCUT2D eigenvalue weighted by Crippen LogP contribution is -2.28. The number of aromatic nitrogens is 6. The van der Waals surface area contributed by atoms with Gasteiger partial charge < -0.3 is 20.5 Å². The van der Waals surface area contributed by atoms with Gasteiger partial charge >= 0.3 is 0 Å². The van der Waals surface area contributed by atoms with Crippen LogP contribution in [-0.4, -0.2) is 53.3 Å². The molecule has 1 aliphatic carbocycles. The van der Waals surface area contributed by atoms with Crippen molar-refractivity contribution in [3.63, 3.8) is 0 Å². The Kier molecular flexibility index (Phi) is 5.39. The zero-order valence-electron chi connectivity index (χ0n) is 18.2. The molecule has 0 radical (unpaired) electrons. The highest BCUT2D eigenvalue weighted by molar-refractivity contribution is 5.59. The van der Waals surface area contributed by atoms with Crippen LogP contribution < -0.4 is 5.73 Å². The summed E-state index contributed by atoms with van der Waals surface area (Å²) in [6, 6.07) is 7.16. The van der Waals surface area contributed by atoms with E-state index >= 15 is 0 Å². The summed E-state index contributed by atoms with van der Waals surface area (Å²) in [7, 11) is 0. The van der Waals surface area contributed by atoms with Gasteiger partial charge in [-0.05, 0) is 49.4 Å². The molecule has 4 heterocycles. The average Bonchev–Trinajstić information content (AvgIpc) is 3.38. The summed E-state index contributed by atoms with van der Waals surface area (Å²) in [6.45, 7) is 1.68. The molecule has 33 heavy (non-hydrogen) atoms.